The number of benzene rings is 1. The molecule has 0 bridgehead atoms. The highest BCUT2D eigenvalue weighted by atomic mass is 32.2. The summed E-state index contributed by atoms with van der Waals surface area (Å²) in [7, 11) is 3.37. The zero-order valence-electron chi connectivity index (χ0n) is 13.2. The van der Waals surface area contributed by atoms with Gasteiger partial charge in [-0.1, -0.05) is 13.0 Å². The molecule has 0 aliphatic carbocycles. The summed E-state index contributed by atoms with van der Waals surface area (Å²) in [5.74, 6) is 2.84. The summed E-state index contributed by atoms with van der Waals surface area (Å²) in [6.07, 6.45) is 1.21. The molecule has 1 aromatic rings. The first-order valence-corrected chi connectivity index (χ1v) is 8.56. The molecule has 2 rings (SSSR count). The van der Waals surface area contributed by atoms with E-state index in [9.17, 15) is 0 Å². The van der Waals surface area contributed by atoms with Crippen molar-refractivity contribution in [3.63, 3.8) is 0 Å². The van der Waals surface area contributed by atoms with Gasteiger partial charge in [0, 0.05) is 42.3 Å². The Balaban J connectivity index is 2.24. The Bertz CT molecular complexity index is 456. The van der Waals surface area contributed by atoms with Gasteiger partial charge >= 0.3 is 0 Å². The molecule has 1 heterocycles. The van der Waals surface area contributed by atoms with Gasteiger partial charge in [0.15, 0.2) is 0 Å². The van der Waals surface area contributed by atoms with Crippen LogP contribution in [0, 0.1) is 0 Å². The van der Waals surface area contributed by atoms with E-state index in [1.807, 2.05) is 12.1 Å². The van der Waals surface area contributed by atoms with E-state index in [2.05, 4.69) is 29.7 Å². The number of rotatable bonds is 6. The van der Waals surface area contributed by atoms with Crippen molar-refractivity contribution >= 4 is 11.8 Å². The van der Waals surface area contributed by atoms with Crippen LogP contribution in [0.4, 0.5) is 0 Å². The minimum Gasteiger partial charge on any atom is -0.497 e. The second-order valence-corrected chi connectivity index (χ2v) is 6.66. The van der Waals surface area contributed by atoms with Gasteiger partial charge in [-0.15, -0.1) is 0 Å². The van der Waals surface area contributed by atoms with Gasteiger partial charge in [0.05, 0.1) is 20.3 Å². The summed E-state index contributed by atoms with van der Waals surface area (Å²) in [5, 5.41) is 0.706. The summed E-state index contributed by atoms with van der Waals surface area (Å²) >= 11 is 2.07. The highest BCUT2D eigenvalue weighted by Gasteiger charge is 2.27. The first kappa shape index (κ1) is 16.5. The lowest BCUT2D eigenvalue weighted by Gasteiger charge is -2.38. The molecule has 4 nitrogen and oxygen atoms in total. The topological polar surface area (TPSA) is 47.7 Å². The monoisotopic (exact) mass is 310 g/mol. The van der Waals surface area contributed by atoms with Gasteiger partial charge in [-0.05, 0) is 12.5 Å². The van der Waals surface area contributed by atoms with Crippen LogP contribution in [-0.4, -0.2) is 49.8 Å². The van der Waals surface area contributed by atoms with Gasteiger partial charge in [-0.25, -0.2) is 0 Å². The second-order valence-electron chi connectivity index (χ2n) is 5.26. The molecule has 1 saturated heterocycles. The van der Waals surface area contributed by atoms with Crippen LogP contribution in [0.5, 0.6) is 11.5 Å². The average molecular weight is 310 g/mol. The predicted octanol–water partition coefficient (Wildman–Crippen LogP) is 2.53. The third-order valence-corrected chi connectivity index (χ3v) is 5.46. The Morgan fingerprint density at radius 3 is 2.81 bits per heavy atom. The quantitative estimate of drug-likeness (QED) is 0.875. The molecule has 0 aromatic heterocycles. The van der Waals surface area contributed by atoms with Gasteiger partial charge in [-0.2, -0.15) is 11.8 Å². The van der Waals surface area contributed by atoms with Gasteiger partial charge in [0.2, 0.25) is 0 Å². The van der Waals surface area contributed by atoms with Crippen molar-refractivity contribution in [1.29, 1.82) is 0 Å². The summed E-state index contributed by atoms with van der Waals surface area (Å²) < 4.78 is 10.8. The molecular formula is C16H26N2O2S. The fourth-order valence-corrected chi connectivity index (χ4v) is 4.04. The lowest BCUT2D eigenvalue weighted by atomic mass is 10.0. The van der Waals surface area contributed by atoms with Crippen LogP contribution in [0.1, 0.15) is 24.9 Å². The molecular weight excluding hydrogens is 284 g/mol. The lowest BCUT2D eigenvalue weighted by Crippen LogP contribution is -2.42. The number of methoxy groups -OCH3 is 2. The van der Waals surface area contributed by atoms with Crippen molar-refractivity contribution < 1.29 is 9.47 Å². The van der Waals surface area contributed by atoms with E-state index in [0.29, 0.717) is 11.8 Å². The predicted molar refractivity (Wildman–Crippen MR) is 89.5 cm³/mol. The lowest BCUT2D eigenvalue weighted by molar-refractivity contribution is 0.203. The Hall–Kier alpha value is -0.910. The maximum absolute atomic E-state index is 6.08. The third-order valence-electron chi connectivity index (χ3n) is 4.09. The molecule has 118 valence electrons. The first-order valence-electron chi connectivity index (χ1n) is 7.51. The number of ether oxygens (including phenoxy) is 2. The molecule has 1 aliphatic heterocycles. The number of nitrogens with two attached hydrogens (primary N) is 1. The molecule has 1 aliphatic rings. The zero-order valence-corrected chi connectivity index (χ0v) is 14.0. The molecule has 2 atom stereocenters. The van der Waals surface area contributed by atoms with Crippen molar-refractivity contribution in [2.75, 3.05) is 39.6 Å². The molecule has 0 saturated carbocycles. The minimum absolute atomic E-state index is 0.209. The fraction of sp³-hybridized carbons (Fsp3) is 0.625. The standard InChI is InChI=1S/C16H26N2O2S/c1-4-13-11-18(7-8-21-13)15(10-17)14-6-5-12(19-2)9-16(14)20-3/h5-6,9,13,15H,4,7-8,10-11,17H2,1-3H3. The highest BCUT2D eigenvalue weighted by Crippen LogP contribution is 2.34. The molecule has 21 heavy (non-hydrogen) atoms. The van der Waals surface area contributed by atoms with Crippen LogP contribution < -0.4 is 15.2 Å². The number of hydrogen-bond acceptors (Lipinski definition) is 5. The van der Waals surface area contributed by atoms with E-state index in [4.69, 9.17) is 15.2 Å². The van der Waals surface area contributed by atoms with E-state index in [1.165, 1.54) is 12.2 Å². The van der Waals surface area contributed by atoms with Crippen LogP contribution in [0.15, 0.2) is 18.2 Å². The zero-order chi connectivity index (χ0) is 15.2. The molecule has 1 aromatic carbocycles. The summed E-state index contributed by atoms with van der Waals surface area (Å²) in [5.41, 5.74) is 7.24. The molecule has 2 unspecified atom stereocenters. The molecule has 1 fully saturated rings. The summed E-state index contributed by atoms with van der Waals surface area (Å²) in [6, 6.07) is 6.21. The van der Waals surface area contributed by atoms with Crippen molar-refractivity contribution in [1.82, 2.24) is 4.90 Å². The minimum atomic E-state index is 0.209. The first-order chi connectivity index (χ1) is 10.2. The Kier molecular flexibility index (Phi) is 6.21. The highest BCUT2D eigenvalue weighted by molar-refractivity contribution is 8.00. The SMILES string of the molecule is CCC1CN(C(CN)c2ccc(OC)cc2OC)CCS1. The molecule has 0 spiro atoms. The molecule has 2 N–H and O–H groups in total. The maximum Gasteiger partial charge on any atom is 0.127 e. The molecule has 0 amide bonds. The van der Waals surface area contributed by atoms with Crippen molar-refractivity contribution in [3.05, 3.63) is 23.8 Å². The second kappa shape index (κ2) is 7.92. The van der Waals surface area contributed by atoms with Crippen LogP contribution >= 0.6 is 11.8 Å². The van der Waals surface area contributed by atoms with Crippen molar-refractivity contribution in [2.45, 2.75) is 24.6 Å². The van der Waals surface area contributed by atoms with Crippen LogP contribution in [-0.2, 0) is 0 Å². The largest absolute Gasteiger partial charge is 0.497 e. The van der Waals surface area contributed by atoms with Gasteiger partial charge in [0.25, 0.3) is 0 Å². The van der Waals surface area contributed by atoms with E-state index in [-0.39, 0.29) is 6.04 Å². The Labute approximate surface area is 132 Å². The van der Waals surface area contributed by atoms with Crippen LogP contribution in [0.3, 0.4) is 0 Å². The van der Waals surface area contributed by atoms with Gasteiger partial charge in [0.1, 0.15) is 11.5 Å². The van der Waals surface area contributed by atoms with Crippen LogP contribution in [0.25, 0.3) is 0 Å². The normalized spacial score (nSPS) is 21.0. The Morgan fingerprint density at radius 1 is 1.38 bits per heavy atom. The van der Waals surface area contributed by atoms with E-state index >= 15 is 0 Å². The Morgan fingerprint density at radius 2 is 2.19 bits per heavy atom. The van der Waals surface area contributed by atoms with E-state index in [0.717, 1.165) is 30.2 Å². The number of hydrogen-bond donors (Lipinski definition) is 1. The molecule has 5 heteroatoms. The average Bonchev–Trinajstić information content (AvgIpc) is 2.56. The van der Waals surface area contributed by atoms with Crippen molar-refractivity contribution in [2.24, 2.45) is 5.73 Å². The molecule has 0 radical (unpaired) electrons. The smallest absolute Gasteiger partial charge is 0.127 e. The fourth-order valence-electron chi connectivity index (χ4n) is 2.84. The number of nitrogens with zero attached hydrogens (tertiary/aromatic N) is 1. The van der Waals surface area contributed by atoms with Gasteiger partial charge < -0.3 is 15.2 Å². The summed E-state index contributed by atoms with van der Waals surface area (Å²) in [4.78, 5) is 2.50. The van der Waals surface area contributed by atoms with Crippen LogP contribution in [0.2, 0.25) is 0 Å². The van der Waals surface area contributed by atoms with E-state index in [1.54, 1.807) is 14.2 Å². The van der Waals surface area contributed by atoms with Crippen molar-refractivity contribution in [3.8, 4) is 11.5 Å². The van der Waals surface area contributed by atoms with E-state index < -0.39 is 0 Å². The third kappa shape index (κ3) is 3.84. The summed E-state index contributed by atoms with van der Waals surface area (Å²) in [6.45, 7) is 5.03. The number of thioether (sulfide) groups is 1. The maximum atomic E-state index is 6.08. The van der Waals surface area contributed by atoms with Gasteiger partial charge in [-0.3, -0.25) is 4.90 Å².